The molecule has 0 radical (unpaired) electrons. The molecule has 4 rings (SSSR count). The molecular formula is C17H19N5OS. The molecule has 1 amide bonds. The van der Waals surface area contributed by atoms with Crippen LogP contribution in [0.15, 0.2) is 29.4 Å². The first-order valence-electron chi connectivity index (χ1n) is 8.34. The molecule has 0 unspecified atom stereocenters. The number of hydrogen-bond donors (Lipinski definition) is 1. The molecule has 124 valence electrons. The Labute approximate surface area is 144 Å². The Morgan fingerprint density at radius 1 is 1.29 bits per heavy atom. The zero-order chi connectivity index (χ0) is 16.5. The van der Waals surface area contributed by atoms with E-state index in [0.717, 1.165) is 54.4 Å². The van der Waals surface area contributed by atoms with Crippen molar-refractivity contribution in [2.45, 2.75) is 43.1 Å². The lowest BCUT2D eigenvalue weighted by Crippen LogP contribution is -2.30. The van der Waals surface area contributed by atoms with Gasteiger partial charge in [-0.2, -0.15) is 0 Å². The number of para-hydroxylation sites is 1. The Hall–Kier alpha value is -2.15. The molecule has 24 heavy (non-hydrogen) atoms. The summed E-state index contributed by atoms with van der Waals surface area (Å²) in [6.45, 7) is 3.67. The van der Waals surface area contributed by atoms with Crippen molar-refractivity contribution >= 4 is 39.7 Å². The van der Waals surface area contributed by atoms with Crippen LogP contribution in [-0.4, -0.2) is 37.5 Å². The molecule has 7 heteroatoms. The van der Waals surface area contributed by atoms with Crippen LogP contribution in [0.25, 0.3) is 22.1 Å². The number of thioether (sulfide) groups is 1. The molecule has 3 aromatic rings. The quantitative estimate of drug-likeness (QED) is 0.793. The van der Waals surface area contributed by atoms with Gasteiger partial charge in [0.05, 0.1) is 10.8 Å². The minimum Gasteiger partial charge on any atom is -0.355 e. The van der Waals surface area contributed by atoms with Gasteiger partial charge < -0.3 is 9.88 Å². The highest BCUT2D eigenvalue weighted by Gasteiger charge is 2.24. The van der Waals surface area contributed by atoms with E-state index in [1.165, 1.54) is 11.8 Å². The summed E-state index contributed by atoms with van der Waals surface area (Å²) in [5.41, 5.74) is 2.78. The molecule has 0 saturated carbocycles. The second-order valence-electron chi connectivity index (χ2n) is 5.92. The van der Waals surface area contributed by atoms with Gasteiger partial charge in [-0.15, -0.1) is 10.2 Å². The molecule has 1 aromatic carbocycles. The van der Waals surface area contributed by atoms with Gasteiger partial charge in [-0.25, -0.2) is 4.98 Å². The lowest BCUT2D eigenvalue weighted by molar-refractivity contribution is -0.120. The van der Waals surface area contributed by atoms with Crippen molar-refractivity contribution in [1.82, 2.24) is 25.1 Å². The van der Waals surface area contributed by atoms with E-state index in [-0.39, 0.29) is 11.2 Å². The summed E-state index contributed by atoms with van der Waals surface area (Å²) in [5.74, 6) is 0.0808. The van der Waals surface area contributed by atoms with Crippen molar-refractivity contribution in [3.8, 4) is 0 Å². The molecule has 0 bridgehead atoms. The number of carbonyl (C=O) groups is 1. The first-order valence-corrected chi connectivity index (χ1v) is 9.22. The maximum Gasteiger partial charge on any atom is 0.233 e. The Kier molecular flexibility index (Phi) is 4.10. The average Bonchev–Trinajstić information content (AvgIpc) is 2.78. The molecule has 6 nitrogen and oxygen atoms in total. The van der Waals surface area contributed by atoms with E-state index < -0.39 is 0 Å². The smallest absolute Gasteiger partial charge is 0.233 e. The van der Waals surface area contributed by atoms with Crippen LogP contribution in [0.5, 0.6) is 0 Å². The molecule has 1 aliphatic heterocycles. The van der Waals surface area contributed by atoms with E-state index in [2.05, 4.69) is 33.1 Å². The number of carbonyl (C=O) groups excluding carboxylic acids is 1. The van der Waals surface area contributed by atoms with Gasteiger partial charge in [0.2, 0.25) is 11.1 Å². The molecule has 3 heterocycles. The minimum absolute atomic E-state index is 0.0808. The third-order valence-electron chi connectivity index (χ3n) is 4.40. The normalized spacial score (nSPS) is 18.7. The number of amides is 1. The van der Waals surface area contributed by atoms with Crippen molar-refractivity contribution in [2.24, 2.45) is 0 Å². The summed E-state index contributed by atoms with van der Waals surface area (Å²) >= 11 is 1.42. The van der Waals surface area contributed by atoms with Crippen molar-refractivity contribution < 1.29 is 4.79 Å². The number of aryl methyl sites for hydroxylation is 1. The second kappa shape index (κ2) is 6.39. The Bertz CT molecular complexity index is 907. The van der Waals surface area contributed by atoms with Crippen LogP contribution in [0.4, 0.5) is 0 Å². The SMILES string of the molecule is CCn1c2ccccc2c2nnc(S[C@@H]3CCCCNC3=O)nc21. The number of fused-ring (bicyclic) bond motifs is 3. The fraction of sp³-hybridized carbons (Fsp3) is 0.412. The number of rotatable bonds is 3. The average molecular weight is 341 g/mol. The van der Waals surface area contributed by atoms with E-state index in [9.17, 15) is 4.79 Å². The summed E-state index contributed by atoms with van der Waals surface area (Å²) in [6.07, 6.45) is 2.93. The Balaban J connectivity index is 1.75. The molecule has 0 spiro atoms. The van der Waals surface area contributed by atoms with Crippen molar-refractivity contribution in [2.75, 3.05) is 6.54 Å². The Morgan fingerprint density at radius 3 is 3.04 bits per heavy atom. The van der Waals surface area contributed by atoms with Gasteiger partial charge in [0, 0.05) is 18.5 Å². The van der Waals surface area contributed by atoms with Gasteiger partial charge in [-0.3, -0.25) is 4.79 Å². The first-order chi connectivity index (χ1) is 11.8. The number of nitrogens with one attached hydrogen (secondary N) is 1. The van der Waals surface area contributed by atoms with Crippen LogP contribution in [0.1, 0.15) is 26.2 Å². The van der Waals surface area contributed by atoms with Gasteiger partial charge in [0.25, 0.3) is 0 Å². The standard InChI is InChI=1S/C17H19N5OS/c1-2-22-12-8-4-3-7-11(12)14-15(22)19-17(21-20-14)24-13-9-5-6-10-18-16(13)23/h3-4,7-8,13H,2,5-6,9-10H2,1H3,(H,18,23)/t13-/m1/s1. The van der Waals surface area contributed by atoms with E-state index >= 15 is 0 Å². The van der Waals surface area contributed by atoms with Gasteiger partial charge in [-0.05, 0) is 25.8 Å². The topological polar surface area (TPSA) is 72.7 Å². The van der Waals surface area contributed by atoms with Gasteiger partial charge in [0.1, 0.15) is 5.52 Å². The van der Waals surface area contributed by atoms with Gasteiger partial charge in [0.15, 0.2) is 5.65 Å². The van der Waals surface area contributed by atoms with Crippen LogP contribution in [0, 0.1) is 0 Å². The summed E-state index contributed by atoms with van der Waals surface area (Å²) in [4.78, 5) is 16.8. The minimum atomic E-state index is -0.133. The summed E-state index contributed by atoms with van der Waals surface area (Å²) in [7, 11) is 0. The number of aromatic nitrogens is 4. The lowest BCUT2D eigenvalue weighted by Gasteiger charge is -2.11. The Morgan fingerprint density at radius 2 is 2.17 bits per heavy atom. The fourth-order valence-corrected chi connectivity index (χ4v) is 4.17. The van der Waals surface area contributed by atoms with Crippen LogP contribution >= 0.6 is 11.8 Å². The molecule has 0 aliphatic carbocycles. The maximum atomic E-state index is 12.1. The lowest BCUT2D eigenvalue weighted by atomic mass is 10.2. The molecule has 1 atom stereocenters. The first kappa shape index (κ1) is 15.4. The van der Waals surface area contributed by atoms with E-state index in [0.29, 0.717) is 5.16 Å². The third-order valence-corrected chi connectivity index (χ3v) is 5.52. The molecule has 1 saturated heterocycles. The highest BCUT2D eigenvalue weighted by molar-refractivity contribution is 8.00. The van der Waals surface area contributed by atoms with Gasteiger partial charge in [-0.1, -0.05) is 36.4 Å². The largest absolute Gasteiger partial charge is 0.355 e. The number of benzene rings is 1. The molecular weight excluding hydrogens is 322 g/mol. The molecule has 1 N–H and O–H groups in total. The zero-order valence-electron chi connectivity index (χ0n) is 13.5. The van der Waals surface area contributed by atoms with Crippen molar-refractivity contribution in [3.05, 3.63) is 24.3 Å². The molecule has 1 aliphatic rings. The summed E-state index contributed by atoms with van der Waals surface area (Å²) < 4.78 is 2.15. The highest BCUT2D eigenvalue weighted by atomic mass is 32.2. The van der Waals surface area contributed by atoms with E-state index in [1.807, 2.05) is 18.2 Å². The van der Waals surface area contributed by atoms with Crippen LogP contribution in [0.3, 0.4) is 0 Å². The summed E-state index contributed by atoms with van der Waals surface area (Å²) in [5, 5.41) is 13.1. The predicted molar refractivity (Wildman–Crippen MR) is 95.0 cm³/mol. The predicted octanol–water partition coefficient (Wildman–Crippen LogP) is 2.76. The van der Waals surface area contributed by atoms with Crippen LogP contribution < -0.4 is 5.32 Å². The fourth-order valence-electron chi connectivity index (χ4n) is 3.21. The van der Waals surface area contributed by atoms with Crippen LogP contribution in [-0.2, 0) is 11.3 Å². The molecule has 1 fully saturated rings. The zero-order valence-corrected chi connectivity index (χ0v) is 14.3. The highest BCUT2D eigenvalue weighted by Crippen LogP contribution is 2.29. The van der Waals surface area contributed by atoms with E-state index in [1.54, 1.807) is 0 Å². The van der Waals surface area contributed by atoms with E-state index in [4.69, 9.17) is 4.98 Å². The van der Waals surface area contributed by atoms with Crippen molar-refractivity contribution in [3.63, 3.8) is 0 Å². The second-order valence-corrected chi connectivity index (χ2v) is 7.09. The third kappa shape index (κ3) is 2.62. The maximum absolute atomic E-state index is 12.1. The summed E-state index contributed by atoms with van der Waals surface area (Å²) in [6, 6.07) is 8.15. The number of hydrogen-bond acceptors (Lipinski definition) is 5. The van der Waals surface area contributed by atoms with Gasteiger partial charge >= 0.3 is 0 Å². The van der Waals surface area contributed by atoms with Crippen molar-refractivity contribution in [1.29, 1.82) is 0 Å². The monoisotopic (exact) mass is 341 g/mol. The molecule has 2 aromatic heterocycles. The number of nitrogens with zero attached hydrogens (tertiary/aromatic N) is 4. The van der Waals surface area contributed by atoms with Crippen LogP contribution in [0.2, 0.25) is 0 Å².